The Labute approximate surface area is 129 Å². The van der Waals surface area contributed by atoms with Crippen molar-refractivity contribution in [3.63, 3.8) is 0 Å². The molecule has 4 nitrogen and oxygen atoms in total. The first-order valence-electron chi connectivity index (χ1n) is 7.79. The van der Waals surface area contributed by atoms with Gasteiger partial charge in [0.15, 0.2) is 0 Å². The van der Waals surface area contributed by atoms with Gasteiger partial charge in [0.2, 0.25) is 5.91 Å². The summed E-state index contributed by atoms with van der Waals surface area (Å²) < 4.78 is 0. The van der Waals surface area contributed by atoms with E-state index in [0.29, 0.717) is 24.5 Å². The van der Waals surface area contributed by atoms with Crippen LogP contribution in [0.2, 0.25) is 0 Å². The van der Waals surface area contributed by atoms with Crippen LogP contribution < -0.4 is 5.73 Å². The first kappa shape index (κ1) is 17.7. The number of nitrogens with two attached hydrogens (primary N) is 1. The van der Waals surface area contributed by atoms with Gasteiger partial charge in [0.25, 0.3) is 0 Å². The Morgan fingerprint density at radius 1 is 1.20 bits per heavy atom. The third-order valence-electron chi connectivity index (χ3n) is 5.63. The number of carbonyl (C=O) groups excluding carboxylic acids is 1. The SMILES string of the molecule is CCC(CC)(CN)C(=O)N1CCC2CCC(C1)N2C.Cl. The quantitative estimate of drug-likeness (QED) is 0.862. The zero-order valence-electron chi connectivity index (χ0n) is 13.1. The van der Waals surface area contributed by atoms with Gasteiger partial charge in [-0.15, -0.1) is 12.4 Å². The lowest BCUT2D eigenvalue weighted by atomic mass is 9.80. The maximum atomic E-state index is 12.9. The highest BCUT2D eigenvalue weighted by atomic mass is 35.5. The minimum absolute atomic E-state index is 0. The molecule has 0 radical (unpaired) electrons. The van der Waals surface area contributed by atoms with E-state index in [1.54, 1.807) is 0 Å². The van der Waals surface area contributed by atoms with Gasteiger partial charge in [0.05, 0.1) is 5.41 Å². The third kappa shape index (κ3) is 2.97. The average Bonchev–Trinajstić information content (AvgIpc) is 2.66. The van der Waals surface area contributed by atoms with E-state index in [1.807, 2.05) is 0 Å². The maximum absolute atomic E-state index is 12.9. The molecule has 2 saturated heterocycles. The molecule has 20 heavy (non-hydrogen) atoms. The van der Waals surface area contributed by atoms with Crippen LogP contribution in [0.15, 0.2) is 0 Å². The zero-order chi connectivity index (χ0) is 14.0. The number of likely N-dealkylation sites (tertiary alicyclic amines) is 1. The number of fused-ring (bicyclic) bond motifs is 2. The number of hydrogen-bond acceptors (Lipinski definition) is 3. The molecule has 0 aromatic rings. The summed E-state index contributed by atoms with van der Waals surface area (Å²) >= 11 is 0. The molecule has 0 aromatic carbocycles. The fourth-order valence-electron chi connectivity index (χ4n) is 3.76. The second-order valence-electron chi connectivity index (χ2n) is 6.28. The fraction of sp³-hybridized carbons (Fsp3) is 0.933. The highest BCUT2D eigenvalue weighted by Gasteiger charge is 2.41. The Morgan fingerprint density at radius 2 is 1.80 bits per heavy atom. The molecule has 1 amide bonds. The van der Waals surface area contributed by atoms with Gasteiger partial charge in [0, 0.05) is 31.7 Å². The van der Waals surface area contributed by atoms with E-state index in [-0.39, 0.29) is 17.8 Å². The highest BCUT2D eigenvalue weighted by Crippen LogP contribution is 2.33. The molecule has 2 heterocycles. The molecular formula is C15H30ClN3O. The number of halogens is 1. The summed E-state index contributed by atoms with van der Waals surface area (Å²) in [7, 11) is 2.21. The second kappa shape index (κ2) is 7.10. The van der Waals surface area contributed by atoms with E-state index in [0.717, 1.165) is 32.4 Å². The van der Waals surface area contributed by atoms with Crippen LogP contribution in [0.3, 0.4) is 0 Å². The van der Waals surface area contributed by atoms with E-state index in [4.69, 9.17) is 5.73 Å². The lowest BCUT2D eigenvalue weighted by molar-refractivity contribution is -0.142. The molecule has 2 aliphatic heterocycles. The van der Waals surface area contributed by atoms with Crippen molar-refractivity contribution < 1.29 is 4.79 Å². The minimum atomic E-state index is -0.331. The molecule has 2 rings (SSSR count). The summed E-state index contributed by atoms with van der Waals surface area (Å²) in [6.45, 7) is 6.45. The van der Waals surface area contributed by atoms with Gasteiger partial charge < -0.3 is 10.6 Å². The summed E-state index contributed by atoms with van der Waals surface area (Å²) in [6.07, 6.45) is 5.34. The smallest absolute Gasteiger partial charge is 0.230 e. The van der Waals surface area contributed by atoms with Crippen molar-refractivity contribution in [2.24, 2.45) is 11.1 Å². The van der Waals surface area contributed by atoms with Crippen molar-refractivity contribution in [3.05, 3.63) is 0 Å². The molecular weight excluding hydrogens is 274 g/mol. The number of amides is 1. The van der Waals surface area contributed by atoms with E-state index < -0.39 is 0 Å². The molecule has 2 atom stereocenters. The Morgan fingerprint density at radius 3 is 2.35 bits per heavy atom. The normalized spacial score (nSPS) is 27.1. The van der Waals surface area contributed by atoms with E-state index in [1.165, 1.54) is 12.8 Å². The molecule has 2 N–H and O–H groups in total. The van der Waals surface area contributed by atoms with Gasteiger partial charge in [-0.25, -0.2) is 0 Å². The predicted molar refractivity (Wildman–Crippen MR) is 85.1 cm³/mol. The van der Waals surface area contributed by atoms with Crippen molar-refractivity contribution in [2.45, 2.75) is 58.0 Å². The van der Waals surface area contributed by atoms with Gasteiger partial charge in [-0.1, -0.05) is 13.8 Å². The van der Waals surface area contributed by atoms with Crippen LogP contribution in [0.25, 0.3) is 0 Å². The Kier molecular flexibility index (Phi) is 6.29. The van der Waals surface area contributed by atoms with Crippen LogP contribution in [0.1, 0.15) is 46.0 Å². The topological polar surface area (TPSA) is 49.6 Å². The van der Waals surface area contributed by atoms with E-state index in [9.17, 15) is 4.79 Å². The van der Waals surface area contributed by atoms with Crippen LogP contribution in [-0.4, -0.2) is 54.5 Å². The minimum Gasteiger partial charge on any atom is -0.341 e. The van der Waals surface area contributed by atoms with Gasteiger partial charge in [-0.2, -0.15) is 0 Å². The Balaban J connectivity index is 0.00000200. The number of rotatable bonds is 4. The molecule has 2 fully saturated rings. The third-order valence-corrected chi connectivity index (χ3v) is 5.63. The summed E-state index contributed by atoms with van der Waals surface area (Å²) in [5.74, 6) is 0.293. The fourth-order valence-corrected chi connectivity index (χ4v) is 3.76. The molecule has 0 aromatic heterocycles. The van der Waals surface area contributed by atoms with Crippen molar-refractivity contribution in [1.82, 2.24) is 9.80 Å². The number of nitrogens with zero attached hydrogens (tertiary/aromatic N) is 2. The van der Waals surface area contributed by atoms with Crippen LogP contribution in [0.5, 0.6) is 0 Å². The van der Waals surface area contributed by atoms with Crippen LogP contribution >= 0.6 is 12.4 Å². The lowest BCUT2D eigenvalue weighted by Gasteiger charge is -2.36. The highest BCUT2D eigenvalue weighted by molar-refractivity contribution is 5.85. The molecule has 2 aliphatic rings. The number of carbonyl (C=O) groups is 1. The monoisotopic (exact) mass is 303 g/mol. The molecule has 0 spiro atoms. The molecule has 5 heteroatoms. The summed E-state index contributed by atoms with van der Waals surface area (Å²) in [5, 5.41) is 0. The maximum Gasteiger partial charge on any atom is 0.230 e. The molecule has 2 bridgehead atoms. The van der Waals surface area contributed by atoms with Crippen LogP contribution in [0.4, 0.5) is 0 Å². The van der Waals surface area contributed by atoms with Crippen molar-refractivity contribution in [1.29, 1.82) is 0 Å². The molecule has 2 unspecified atom stereocenters. The number of likely N-dealkylation sites (N-methyl/N-ethyl adjacent to an activating group) is 1. The largest absolute Gasteiger partial charge is 0.341 e. The van der Waals surface area contributed by atoms with Gasteiger partial charge in [-0.05, 0) is 39.2 Å². The molecule has 0 aliphatic carbocycles. The number of hydrogen-bond donors (Lipinski definition) is 1. The van der Waals surface area contributed by atoms with Crippen LogP contribution in [-0.2, 0) is 4.79 Å². The van der Waals surface area contributed by atoms with Crippen molar-refractivity contribution >= 4 is 18.3 Å². The van der Waals surface area contributed by atoms with Crippen LogP contribution in [0, 0.1) is 5.41 Å². The van der Waals surface area contributed by atoms with Gasteiger partial charge >= 0.3 is 0 Å². The predicted octanol–water partition coefficient (Wildman–Crippen LogP) is 1.87. The van der Waals surface area contributed by atoms with Gasteiger partial charge in [0.1, 0.15) is 0 Å². The zero-order valence-corrected chi connectivity index (χ0v) is 13.9. The Bertz CT molecular complexity index is 325. The molecule has 0 saturated carbocycles. The lowest BCUT2D eigenvalue weighted by Crippen LogP contribution is -2.50. The summed E-state index contributed by atoms with van der Waals surface area (Å²) in [6, 6.07) is 1.24. The first-order valence-corrected chi connectivity index (χ1v) is 7.79. The molecule has 118 valence electrons. The second-order valence-corrected chi connectivity index (χ2v) is 6.28. The van der Waals surface area contributed by atoms with E-state index >= 15 is 0 Å². The first-order chi connectivity index (χ1) is 9.07. The summed E-state index contributed by atoms with van der Waals surface area (Å²) in [5.41, 5.74) is 5.59. The van der Waals surface area contributed by atoms with Gasteiger partial charge in [-0.3, -0.25) is 9.69 Å². The standard InChI is InChI=1S/C15H29N3O.ClH/c1-4-15(5-2,11-16)14(19)18-9-8-12-6-7-13(10-18)17(12)3;/h12-13H,4-11,16H2,1-3H3;1H. The summed E-state index contributed by atoms with van der Waals surface area (Å²) in [4.78, 5) is 17.5. The van der Waals surface area contributed by atoms with E-state index in [2.05, 4.69) is 30.7 Å². The average molecular weight is 304 g/mol. The Hall–Kier alpha value is -0.320. The van der Waals surface area contributed by atoms with Crippen molar-refractivity contribution in [2.75, 3.05) is 26.7 Å². The van der Waals surface area contributed by atoms with Crippen molar-refractivity contribution in [3.8, 4) is 0 Å².